The van der Waals surface area contributed by atoms with E-state index in [0.29, 0.717) is 0 Å². The molecule has 2 aromatic heterocycles. The van der Waals surface area contributed by atoms with Gasteiger partial charge in [0.05, 0.1) is 6.20 Å². The summed E-state index contributed by atoms with van der Waals surface area (Å²) < 4.78 is 4.75. The quantitative estimate of drug-likeness (QED) is 0.811. The summed E-state index contributed by atoms with van der Waals surface area (Å²) in [5, 5.41) is 9.26. The average Bonchev–Trinajstić information content (AvgIpc) is 3.16. The lowest BCUT2D eigenvalue weighted by atomic mass is 10.3. The molecule has 20 heavy (non-hydrogen) atoms. The summed E-state index contributed by atoms with van der Waals surface area (Å²) >= 11 is 0. The molecule has 8 heteroatoms. The van der Waals surface area contributed by atoms with Gasteiger partial charge in [0, 0.05) is 31.0 Å². The number of nitrogens with zero attached hydrogens (tertiary/aromatic N) is 4. The van der Waals surface area contributed by atoms with Gasteiger partial charge in [-0.3, -0.25) is 15.1 Å². The highest BCUT2D eigenvalue weighted by Crippen LogP contribution is 2.20. The number of rotatable bonds is 1. The summed E-state index contributed by atoms with van der Waals surface area (Å²) in [6, 6.07) is 0. The van der Waals surface area contributed by atoms with E-state index in [-0.39, 0.29) is 6.10 Å². The molecule has 1 aliphatic carbocycles. The number of aromatic amines is 1. The number of primary amides is 1. The molecule has 0 saturated heterocycles. The Morgan fingerprint density at radius 1 is 1.10 bits per heavy atom. The summed E-state index contributed by atoms with van der Waals surface area (Å²) in [6.45, 7) is 0. The van der Waals surface area contributed by atoms with Crippen molar-refractivity contribution in [1.82, 2.24) is 25.4 Å². The van der Waals surface area contributed by atoms with E-state index in [9.17, 15) is 4.79 Å². The molecule has 3 rings (SSSR count). The topological polar surface area (TPSA) is 120 Å². The number of nitrogens with one attached hydrogen (secondary N) is 1. The Balaban J connectivity index is 0.000000158. The zero-order valence-corrected chi connectivity index (χ0v) is 11.1. The Morgan fingerprint density at radius 3 is 2.00 bits per heavy atom. The molecular weight excluding hydrogens is 260 g/mol. The lowest BCUT2D eigenvalue weighted by Gasteiger charge is -2.06. The number of nitrogens with two attached hydrogens (primary N) is 1. The van der Waals surface area contributed by atoms with Crippen molar-refractivity contribution < 1.29 is 9.53 Å². The fourth-order valence-electron chi connectivity index (χ4n) is 1.59. The van der Waals surface area contributed by atoms with E-state index in [1.54, 1.807) is 37.2 Å². The molecule has 8 nitrogen and oxygen atoms in total. The third-order valence-electron chi connectivity index (χ3n) is 2.39. The second kappa shape index (κ2) is 10.4. The highest BCUT2D eigenvalue weighted by atomic mass is 16.6. The van der Waals surface area contributed by atoms with Crippen molar-refractivity contribution in [3.05, 3.63) is 37.2 Å². The van der Waals surface area contributed by atoms with Crippen molar-refractivity contribution in [2.75, 3.05) is 0 Å². The monoisotopic (exact) mass is 278 g/mol. The largest absolute Gasteiger partial charge is 0.446 e. The summed E-state index contributed by atoms with van der Waals surface area (Å²) in [5.41, 5.74) is 4.81. The van der Waals surface area contributed by atoms with Crippen LogP contribution in [0.5, 0.6) is 0 Å². The molecule has 108 valence electrons. The molecule has 0 aliphatic heterocycles. The van der Waals surface area contributed by atoms with Gasteiger partial charge in [-0.15, -0.1) is 5.10 Å². The fraction of sp³-hybridized carbons (Fsp3) is 0.417. The van der Waals surface area contributed by atoms with Gasteiger partial charge in [-0.05, 0) is 25.7 Å². The fourth-order valence-corrected chi connectivity index (χ4v) is 1.59. The zero-order valence-electron chi connectivity index (χ0n) is 11.1. The van der Waals surface area contributed by atoms with Gasteiger partial charge in [-0.1, -0.05) is 5.21 Å². The number of carbonyl (C=O) groups excluding carboxylic acids is 1. The summed E-state index contributed by atoms with van der Waals surface area (Å²) in [5.74, 6) is 0. The summed E-state index contributed by atoms with van der Waals surface area (Å²) in [7, 11) is 0. The Morgan fingerprint density at radius 2 is 1.70 bits per heavy atom. The van der Waals surface area contributed by atoms with E-state index in [0.717, 1.165) is 25.7 Å². The first-order valence-corrected chi connectivity index (χ1v) is 6.25. The normalized spacial score (nSPS) is 13.4. The highest BCUT2D eigenvalue weighted by Gasteiger charge is 2.17. The molecular formula is C12H18N6O2. The van der Waals surface area contributed by atoms with E-state index in [1.807, 2.05) is 0 Å². The van der Waals surface area contributed by atoms with Crippen molar-refractivity contribution in [3.63, 3.8) is 0 Å². The number of H-pyrrole nitrogens is 1. The zero-order chi connectivity index (χ0) is 14.5. The minimum atomic E-state index is -0.637. The maximum Gasteiger partial charge on any atom is 0.404 e. The molecule has 0 radical (unpaired) electrons. The van der Waals surface area contributed by atoms with Gasteiger partial charge in [0.1, 0.15) is 6.10 Å². The molecule has 0 bridgehead atoms. The number of aromatic nitrogens is 5. The van der Waals surface area contributed by atoms with Gasteiger partial charge in [-0.25, -0.2) is 4.79 Å². The smallest absolute Gasteiger partial charge is 0.404 e. The number of carbonyl (C=O) groups is 1. The van der Waals surface area contributed by atoms with E-state index in [4.69, 9.17) is 10.5 Å². The first kappa shape index (κ1) is 15.5. The van der Waals surface area contributed by atoms with E-state index < -0.39 is 6.09 Å². The van der Waals surface area contributed by atoms with Gasteiger partial charge in [0.2, 0.25) is 0 Å². The van der Waals surface area contributed by atoms with Gasteiger partial charge >= 0.3 is 6.09 Å². The van der Waals surface area contributed by atoms with Crippen LogP contribution in [-0.2, 0) is 4.74 Å². The van der Waals surface area contributed by atoms with E-state index in [1.165, 1.54) is 0 Å². The van der Waals surface area contributed by atoms with Crippen LogP contribution in [0.1, 0.15) is 25.7 Å². The Hall–Kier alpha value is -2.51. The van der Waals surface area contributed by atoms with Crippen LogP contribution in [0.2, 0.25) is 0 Å². The van der Waals surface area contributed by atoms with Crippen molar-refractivity contribution >= 4 is 6.09 Å². The predicted octanol–water partition coefficient (Wildman–Crippen LogP) is 1.31. The van der Waals surface area contributed by atoms with Gasteiger partial charge in [0.25, 0.3) is 0 Å². The number of ether oxygens (including phenoxy) is 1. The average molecular weight is 278 g/mol. The lowest BCUT2D eigenvalue weighted by Crippen LogP contribution is -2.19. The number of hydrogen-bond acceptors (Lipinski definition) is 6. The van der Waals surface area contributed by atoms with E-state index >= 15 is 0 Å². The SMILES string of the molecule is NC(=O)OC1CCCC1.c1c[nH]nn1.c1cnccn1. The third-order valence-corrected chi connectivity index (χ3v) is 2.39. The maximum absolute atomic E-state index is 10.2. The van der Waals surface area contributed by atoms with Gasteiger partial charge in [0.15, 0.2) is 0 Å². The number of amides is 1. The Labute approximate surface area is 116 Å². The molecule has 0 atom stereocenters. The molecule has 1 fully saturated rings. The predicted molar refractivity (Wildman–Crippen MR) is 71.3 cm³/mol. The first-order valence-electron chi connectivity index (χ1n) is 6.25. The molecule has 0 unspecified atom stereocenters. The summed E-state index contributed by atoms with van der Waals surface area (Å²) in [6.07, 6.45) is 13.6. The second-order valence-corrected chi connectivity index (χ2v) is 3.90. The Kier molecular flexibility index (Phi) is 8.10. The minimum Gasteiger partial charge on any atom is -0.446 e. The van der Waals surface area contributed by atoms with Crippen LogP contribution in [0, 0.1) is 0 Å². The van der Waals surface area contributed by atoms with Crippen molar-refractivity contribution in [2.24, 2.45) is 5.73 Å². The van der Waals surface area contributed by atoms with Crippen molar-refractivity contribution in [3.8, 4) is 0 Å². The molecule has 2 heterocycles. The third kappa shape index (κ3) is 8.56. The molecule has 2 aromatic rings. The highest BCUT2D eigenvalue weighted by molar-refractivity contribution is 5.64. The van der Waals surface area contributed by atoms with E-state index in [2.05, 4.69) is 25.4 Å². The van der Waals surface area contributed by atoms with Crippen LogP contribution in [0.3, 0.4) is 0 Å². The van der Waals surface area contributed by atoms with Crippen LogP contribution in [0.25, 0.3) is 0 Å². The van der Waals surface area contributed by atoms with Gasteiger partial charge in [-0.2, -0.15) is 0 Å². The van der Waals surface area contributed by atoms with Crippen molar-refractivity contribution in [2.45, 2.75) is 31.8 Å². The molecule has 3 N–H and O–H groups in total. The van der Waals surface area contributed by atoms with Crippen molar-refractivity contribution in [1.29, 1.82) is 0 Å². The van der Waals surface area contributed by atoms with Gasteiger partial charge < -0.3 is 10.5 Å². The molecule has 0 aromatic carbocycles. The van der Waals surface area contributed by atoms with Crippen LogP contribution in [0.4, 0.5) is 4.79 Å². The van der Waals surface area contributed by atoms with Crippen LogP contribution in [-0.4, -0.2) is 37.6 Å². The molecule has 0 spiro atoms. The standard InChI is InChI=1S/C6H11NO2.C4H4N2.C2H3N3/c7-6(8)9-5-3-1-2-4-5;1-2-6-4-3-5-1;1-2-4-5-3-1/h5H,1-4H2,(H2,7,8);1-4H;1-2H,(H,3,4,5). The van der Waals surface area contributed by atoms with Crippen LogP contribution in [0.15, 0.2) is 37.2 Å². The molecule has 1 aliphatic rings. The summed E-state index contributed by atoms with van der Waals surface area (Å²) in [4.78, 5) is 17.6. The second-order valence-electron chi connectivity index (χ2n) is 3.90. The first-order chi connectivity index (χ1) is 9.79. The lowest BCUT2D eigenvalue weighted by molar-refractivity contribution is 0.110. The minimum absolute atomic E-state index is 0.113. The van der Waals surface area contributed by atoms with Crippen LogP contribution >= 0.6 is 0 Å². The molecule has 1 amide bonds. The molecule has 1 saturated carbocycles. The Bertz CT molecular complexity index is 387. The number of hydrogen-bond donors (Lipinski definition) is 2. The van der Waals surface area contributed by atoms with Crippen LogP contribution < -0.4 is 5.73 Å². The maximum atomic E-state index is 10.2.